The number of rotatable bonds is 15. The van der Waals surface area contributed by atoms with Crippen LogP contribution in [0.2, 0.25) is 0 Å². The van der Waals surface area contributed by atoms with Crippen LogP contribution in [0.1, 0.15) is 85.9 Å². The van der Waals surface area contributed by atoms with Crippen LogP contribution in [0, 0.1) is 0 Å². The molecule has 0 saturated heterocycles. The summed E-state index contributed by atoms with van der Waals surface area (Å²) < 4.78 is 11.1. The van der Waals surface area contributed by atoms with E-state index in [0.717, 1.165) is 19.3 Å². The first-order valence-corrected chi connectivity index (χ1v) is 14.9. The molecule has 0 saturated carbocycles. The molecule has 4 rings (SSSR count). The third-order valence-electron chi connectivity index (χ3n) is 7.64. The summed E-state index contributed by atoms with van der Waals surface area (Å²) in [4.78, 5) is 36.0. The van der Waals surface area contributed by atoms with Crippen molar-refractivity contribution in [3.63, 3.8) is 0 Å². The first-order valence-electron chi connectivity index (χ1n) is 14.9. The van der Waals surface area contributed by atoms with Crippen LogP contribution in [0.4, 0.5) is 0 Å². The molecule has 4 aromatic rings. The smallest absolute Gasteiger partial charge is 0.341 e. The molecule has 0 fully saturated rings. The molecule has 9 nitrogen and oxygen atoms in total. The van der Waals surface area contributed by atoms with Gasteiger partial charge in [-0.1, -0.05) is 76.1 Å². The summed E-state index contributed by atoms with van der Waals surface area (Å²) in [5.41, 5.74) is 1.86. The fourth-order valence-electron chi connectivity index (χ4n) is 5.05. The number of hydrogen-bond acceptors (Lipinski definition) is 8. The van der Waals surface area contributed by atoms with E-state index in [1.54, 1.807) is 24.3 Å². The van der Waals surface area contributed by atoms with Gasteiger partial charge in [0.15, 0.2) is 0 Å². The summed E-state index contributed by atoms with van der Waals surface area (Å²) in [5.74, 6) is -0.796. The van der Waals surface area contributed by atoms with Crippen LogP contribution in [0.5, 0.6) is 11.5 Å². The lowest BCUT2D eigenvalue weighted by molar-refractivity contribution is 0.0494. The van der Waals surface area contributed by atoms with Crippen LogP contribution < -0.4 is 15.4 Å². The van der Waals surface area contributed by atoms with Crippen LogP contribution in [0.3, 0.4) is 0 Å². The van der Waals surface area contributed by atoms with Crippen molar-refractivity contribution in [1.29, 1.82) is 0 Å². The number of benzene rings is 3. The quantitative estimate of drug-likeness (QED) is 0.0656. The van der Waals surface area contributed by atoms with Crippen LogP contribution in [-0.4, -0.2) is 60.3 Å². The van der Waals surface area contributed by atoms with Gasteiger partial charge in [-0.15, -0.1) is 0 Å². The maximum Gasteiger partial charge on any atom is 0.341 e. The van der Waals surface area contributed by atoms with Crippen molar-refractivity contribution in [2.45, 2.75) is 71.3 Å². The molecule has 1 amide bonds. The first-order chi connectivity index (χ1) is 20.4. The zero-order chi connectivity index (χ0) is 30.1. The number of aromatic hydroxyl groups is 1. The average molecular weight is 575 g/mol. The molecular weight excluding hydrogens is 532 g/mol. The minimum atomic E-state index is -0.501. The highest BCUT2D eigenvalue weighted by molar-refractivity contribution is 6.19. The Hall–Kier alpha value is -3.98. The second-order valence-corrected chi connectivity index (χ2v) is 10.7. The van der Waals surface area contributed by atoms with Gasteiger partial charge in [-0.3, -0.25) is 4.79 Å². The number of phenols is 1. The molecule has 224 valence electrons. The molecule has 1 atom stereocenters. The van der Waals surface area contributed by atoms with E-state index in [0.29, 0.717) is 46.2 Å². The molecule has 3 aromatic carbocycles. The predicted octanol–water partition coefficient (Wildman–Crippen LogP) is 6.29. The molecule has 0 bridgehead atoms. The second kappa shape index (κ2) is 14.8. The molecule has 1 heterocycles. The number of fused-ring (bicyclic) bond motifs is 4. The van der Waals surface area contributed by atoms with E-state index >= 15 is 0 Å². The normalized spacial score (nSPS) is 12.1. The fourth-order valence-corrected chi connectivity index (χ4v) is 5.05. The van der Waals surface area contributed by atoms with Gasteiger partial charge in [0.05, 0.1) is 30.3 Å². The van der Waals surface area contributed by atoms with Crippen molar-refractivity contribution >= 4 is 44.7 Å². The highest BCUT2D eigenvalue weighted by Gasteiger charge is 2.24. The lowest BCUT2D eigenvalue weighted by Crippen LogP contribution is -2.37. The van der Waals surface area contributed by atoms with Crippen molar-refractivity contribution < 1.29 is 24.2 Å². The number of ether oxygens (including phenoxy) is 2. The topological polar surface area (TPSA) is 123 Å². The number of carbonyl (C=O) groups is 2. The Balaban J connectivity index is 1.64. The first kappa shape index (κ1) is 31.0. The van der Waals surface area contributed by atoms with Crippen LogP contribution >= 0.6 is 0 Å². The monoisotopic (exact) mass is 574 g/mol. The number of nitrogens with zero attached hydrogens (tertiary/aromatic N) is 2. The minimum Gasteiger partial charge on any atom is -0.506 e. The third-order valence-corrected chi connectivity index (χ3v) is 7.64. The number of esters is 1. The summed E-state index contributed by atoms with van der Waals surface area (Å²) in [6.07, 6.45) is 9.22. The minimum absolute atomic E-state index is 0.0292. The van der Waals surface area contributed by atoms with E-state index in [1.165, 1.54) is 39.2 Å². The molecule has 0 radical (unpaired) electrons. The molecular formula is C33H42N4O5. The summed E-state index contributed by atoms with van der Waals surface area (Å²) in [6.45, 7) is 4.84. The molecule has 3 N–H and O–H groups in total. The van der Waals surface area contributed by atoms with Gasteiger partial charge in [0.1, 0.15) is 28.1 Å². The highest BCUT2D eigenvalue weighted by atomic mass is 16.5. The highest BCUT2D eigenvalue weighted by Crippen LogP contribution is 2.37. The lowest BCUT2D eigenvalue weighted by Gasteiger charge is -2.16. The summed E-state index contributed by atoms with van der Waals surface area (Å²) in [5, 5.41) is 18.3. The van der Waals surface area contributed by atoms with E-state index in [9.17, 15) is 14.7 Å². The van der Waals surface area contributed by atoms with Crippen molar-refractivity contribution in [2.75, 3.05) is 27.3 Å². The number of aromatic nitrogens is 2. The number of amides is 1. The Kier molecular flexibility index (Phi) is 10.9. The van der Waals surface area contributed by atoms with Crippen molar-refractivity contribution in [3.05, 3.63) is 47.5 Å². The number of methoxy groups -OCH3 is 1. The van der Waals surface area contributed by atoms with Crippen LogP contribution in [-0.2, 0) is 4.74 Å². The fraction of sp³-hybridized carbons (Fsp3) is 0.455. The van der Waals surface area contributed by atoms with E-state index < -0.39 is 11.9 Å². The standard InChI is InChI=1S/C33H42N4O5/c1-5-6-7-8-9-10-11-14-17-42-33(40)24-18-25-26(19-27(24)41-4)36-29-22-15-12-13-16-23(22)31(38)28(30(29)37-25)32(39)35-20-21(2)34-3/h12-13,15-16,18-19,21,34,38H,5-11,14,17,20H2,1-4H3,(H,35,39). The maximum atomic E-state index is 13.4. The summed E-state index contributed by atoms with van der Waals surface area (Å²) in [7, 11) is 3.30. The number of hydrogen-bond donors (Lipinski definition) is 3. The number of carbonyl (C=O) groups excluding carboxylic acids is 2. The van der Waals surface area contributed by atoms with E-state index in [1.807, 2.05) is 26.1 Å². The van der Waals surface area contributed by atoms with Crippen LogP contribution in [0.25, 0.3) is 32.8 Å². The summed E-state index contributed by atoms with van der Waals surface area (Å²) in [6, 6.07) is 10.5. The zero-order valence-corrected chi connectivity index (χ0v) is 25.1. The van der Waals surface area contributed by atoms with Gasteiger partial charge in [-0.25, -0.2) is 14.8 Å². The predicted molar refractivity (Wildman–Crippen MR) is 167 cm³/mol. The van der Waals surface area contributed by atoms with E-state index in [-0.39, 0.29) is 28.4 Å². The molecule has 1 aromatic heterocycles. The molecule has 1 unspecified atom stereocenters. The van der Waals surface area contributed by atoms with Gasteiger partial charge in [0.25, 0.3) is 5.91 Å². The van der Waals surface area contributed by atoms with Crippen molar-refractivity contribution in [2.24, 2.45) is 0 Å². The van der Waals surface area contributed by atoms with E-state index in [2.05, 4.69) is 17.6 Å². The Morgan fingerprint density at radius 1 is 0.929 bits per heavy atom. The Morgan fingerprint density at radius 3 is 2.26 bits per heavy atom. The molecule has 9 heteroatoms. The van der Waals surface area contributed by atoms with Gasteiger partial charge in [0, 0.05) is 29.4 Å². The maximum absolute atomic E-state index is 13.4. The molecule has 0 aliphatic carbocycles. The SMILES string of the molecule is CCCCCCCCCCOC(=O)c1cc2nc3c(C(=O)NCC(C)NC)c(O)c4ccccc4c3nc2cc1OC. The molecule has 0 aliphatic heterocycles. The largest absolute Gasteiger partial charge is 0.506 e. The van der Waals surface area contributed by atoms with Gasteiger partial charge < -0.3 is 25.2 Å². The second-order valence-electron chi connectivity index (χ2n) is 10.7. The van der Waals surface area contributed by atoms with Gasteiger partial charge >= 0.3 is 5.97 Å². The van der Waals surface area contributed by atoms with E-state index in [4.69, 9.17) is 19.4 Å². The zero-order valence-electron chi connectivity index (χ0n) is 25.1. The number of likely N-dealkylation sites (N-methyl/N-ethyl adjacent to an activating group) is 1. The number of unbranched alkanes of at least 4 members (excludes halogenated alkanes) is 7. The van der Waals surface area contributed by atoms with Gasteiger partial charge in [-0.05, 0) is 26.5 Å². The van der Waals surface area contributed by atoms with Crippen LogP contribution in [0.15, 0.2) is 36.4 Å². The third kappa shape index (κ3) is 7.07. The van der Waals surface area contributed by atoms with Crippen molar-refractivity contribution in [1.82, 2.24) is 20.6 Å². The Bertz CT molecular complexity index is 1550. The van der Waals surface area contributed by atoms with Crippen molar-refractivity contribution in [3.8, 4) is 11.5 Å². The Labute approximate surface area is 247 Å². The molecule has 0 spiro atoms. The summed E-state index contributed by atoms with van der Waals surface area (Å²) >= 11 is 0. The Morgan fingerprint density at radius 2 is 1.57 bits per heavy atom. The molecule has 42 heavy (non-hydrogen) atoms. The van der Waals surface area contributed by atoms with Gasteiger partial charge in [-0.2, -0.15) is 0 Å². The number of nitrogens with one attached hydrogen (secondary N) is 2. The number of phenolic OH excluding ortho intramolecular Hbond substituents is 1. The lowest BCUT2D eigenvalue weighted by atomic mass is 10.0. The average Bonchev–Trinajstić information content (AvgIpc) is 3.01. The van der Waals surface area contributed by atoms with Gasteiger partial charge in [0.2, 0.25) is 0 Å². The molecule has 0 aliphatic rings.